The Bertz CT molecular complexity index is 331. The van der Waals surface area contributed by atoms with E-state index in [2.05, 4.69) is 21.8 Å². The number of imidazole rings is 1. The second-order valence-corrected chi connectivity index (χ2v) is 4.90. The monoisotopic (exact) mass is 237 g/mol. The van der Waals surface area contributed by atoms with Gasteiger partial charge in [-0.2, -0.15) is 0 Å². The Morgan fingerprint density at radius 2 is 2.29 bits per heavy atom. The van der Waals surface area contributed by atoms with Crippen molar-refractivity contribution in [2.24, 2.45) is 5.92 Å². The van der Waals surface area contributed by atoms with E-state index in [9.17, 15) is 5.11 Å². The fraction of sp³-hybridized carbons (Fsp3) is 0.769. The first-order chi connectivity index (χ1) is 8.31. The van der Waals surface area contributed by atoms with Gasteiger partial charge in [-0.05, 0) is 38.3 Å². The molecule has 1 aromatic heterocycles. The minimum absolute atomic E-state index is 0.241. The molecule has 0 bridgehead atoms. The van der Waals surface area contributed by atoms with Crippen molar-refractivity contribution < 1.29 is 5.11 Å². The molecule has 1 unspecified atom stereocenters. The van der Waals surface area contributed by atoms with Crippen LogP contribution in [0.5, 0.6) is 0 Å². The highest BCUT2D eigenvalue weighted by Crippen LogP contribution is 2.19. The molecule has 4 nitrogen and oxygen atoms in total. The fourth-order valence-electron chi connectivity index (χ4n) is 2.56. The summed E-state index contributed by atoms with van der Waals surface area (Å²) >= 11 is 0. The van der Waals surface area contributed by atoms with Gasteiger partial charge in [-0.15, -0.1) is 0 Å². The molecule has 0 spiro atoms. The predicted octanol–water partition coefficient (Wildman–Crippen LogP) is 1.20. The lowest BCUT2D eigenvalue weighted by atomic mass is 9.90. The number of piperidine rings is 1. The first kappa shape index (κ1) is 12.6. The van der Waals surface area contributed by atoms with Crippen LogP contribution in [0.4, 0.5) is 0 Å². The molecule has 2 heterocycles. The van der Waals surface area contributed by atoms with Crippen molar-refractivity contribution in [3.63, 3.8) is 0 Å². The number of aliphatic hydroxyl groups excluding tert-OH is 1. The molecule has 1 aliphatic rings. The van der Waals surface area contributed by atoms with Crippen LogP contribution in [0.1, 0.15) is 32.0 Å². The van der Waals surface area contributed by atoms with E-state index in [-0.39, 0.29) is 6.10 Å². The molecule has 2 rings (SSSR count). The molecule has 17 heavy (non-hydrogen) atoms. The molecular formula is C13H23N3O. The molecule has 0 radical (unpaired) electrons. The molecule has 4 heteroatoms. The molecule has 96 valence electrons. The van der Waals surface area contributed by atoms with E-state index in [1.54, 1.807) is 0 Å². The van der Waals surface area contributed by atoms with Crippen LogP contribution in [0.15, 0.2) is 12.4 Å². The van der Waals surface area contributed by atoms with Gasteiger partial charge in [0.25, 0.3) is 0 Å². The van der Waals surface area contributed by atoms with Gasteiger partial charge < -0.3 is 15.0 Å². The maximum atomic E-state index is 10.3. The number of rotatable bonds is 5. The van der Waals surface area contributed by atoms with Crippen molar-refractivity contribution in [2.45, 2.75) is 45.3 Å². The quantitative estimate of drug-likeness (QED) is 0.809. The molecule has 1 fully saturated rings. The van der Waals surface area contributed by atoms with Crippen LogP contribution >= 0.6 is 0 Å². The summed E-state index contributed by atoms with van der Waals surface area (Å²) in [5.74, 6) is 1.46. The topological polar surface area (TPSA) is 50.1 Å². The number of hydrogen-bond acceptors (Lipinski definition) is 3. The zero-order chi connectivity index (χ0) is 12.1. The average molecular weight is 237 g/mol. The third-order valence-electron chi connectivity index (χ3n) is 3.59. The smallest absolute Gasteiger partial charge is 0.111 e. The zero-order valence-electron chi connectivity index (χ0n) is 10.6. The van der Waals surface area contributed by atoms with Gasteiger partial charge in [-0.1, -0.05) is 6.92 Å². The minimum Gasteiger partial charge on any atom is -0.392 e. The van der Waals surface area contributed by atoms with Crippen LogP contribution in [0.3, 0.4) is 0 Å². The maximum Gasteiger partial charge on any atom is 0.111 e. The van der Waals surface area contributed by atoms with Crippen LogP contribution in [0.25, 0.3) is 0 Å². The third-order valence-corrected chi connectivity index (χ3v) is 3.59. The van der Waals surface area contributed by atoms with Crippen molar-refractivity contribution in [1.29, 1.82) is 0 Å². The Labute approximate surface area is 103 Å². The van der Waals surface area contributed by atoms with Crippen LogP contribution in [0, 0.1) is 5.92 Å². The number of aliphatic hydroxyl groups is 1. The number of aryl methyl sites for hydroxylation is 1. The maximum absolute atomic E-state index is 10.3. The van der Waals surface area contributed by atoms with Gasteiger partial charge in [0.1, 0.15) is 5.82 Å². The molecular weight excluding hydrogens is 214 g/mol. The summed E-state index contributed by atoms with van der Waals surface area (Å²) in [6.45, 7) is 5.22. The SMILES string of the molecule is CCCn1ccnc1CC(O)C1CCNCC1. The van der Waals surface area contributed by atoms with E-state index in [1.165, 1.54) is 0 Å². The third kappa shape index (κ3) is 3.30. The first-order valence-electron chi connectivity index (χ1n) is 6.70. The summed E-state index contributed by atoms with van der Waals surface area (Å²) in [5, 5.41) is 13.6. The Morgan fingerprint density at radius 1 is 1.53 bits per heavy atom. The van der Waals surface area contributed by atoms with Crippen molar-refractivity contribution in [3.05, 3.63) is 18.2 Å². The van der Waals surface area contributed by atoms with Crippen LogP contribution in [-0.4, -0.2) is 33.9 Å². The molecule has 1 aromatic rings. The van der Waals surface area contributed by atoms with Crippen LogP contribution < -0.4 is 5.32 Å². The molecule has 0 saturated carbocycles. The van der Waals surface area contributed by atoms with E-state index in [0.29, 0.717) is 12.3 Å². The Balaban J connectivity index is 1.92. The van der Waals surface area contributed by atoms with Crippen molar-refractivity contribution in [3.8, 4) is 0 Å². The molecule has 2 N–H and O–H groups in total. The highest BCUT2D eigenvalue weighted by atomic mass is 16.3. The van der Waals surface area contributed by atoms with Gasteiger partial charge in [-0.25, -0.2) is 4.98 Å². The summed E-state index contributed by atoms with van der Waals surface area (Å²) < 4.78 is 2.16. The lowest BCUT2D eigenvalue weighted by Crippen LogP contribution is -2.35. The fourth-order valence-corrected chi connectivity index (χ4v) is 2.56. The summed E-state index contributed by atoms with van der Waals surface area (Å²) in [4.78, 5) is 4.36. The second-order valence-electron chi connectivity index (χ2n) is 4.90. The second kappa shape index (κ2) is 6.17. The lowest BCUT2D eigenvalue weighted by Gasteiger charge is -2.27. The lowest BCUT2D eigenvalue weighted by molar-refractivity contribution is 0.0864. The average Bonchev–Trinajstić information content (AvgIpc) is 2.78. The van der Waals surface area contributed by atoms with E-state index in [1.807, 2.05) is 12.4 Å². The van der Waals surface area contributed by atoms with E-state index < -0.39 is 0 Å². The minimum atomic E-state index is -0.241. The van der Waals surface area contributed by atoms with Crippen molar-refractivity contribution in [1.82, 2.24) is 14.9 Å². The Hall–Kier alpha value is -0.870. The molecule has 1 aliphatic heterocycles. The number of hydrogen-bond donors (Lipinski definition) is 2. The van der Waals surface area contributed by atoms with Crippen molar-refractivity contribution >= 4 is 0 Å². The number of aromatic nitrogens is 2. The van der Waals surface area contributed by atoms with Gasteiger partial charge in [0.15, 0.2) is 0 Å². The largest absolute Gasteiger partial charge is 0.392 e. The van der Waals surface area contributed by atoms with E-state index in [4.69, 9.17) is 0 Å². The van der Waals surface area contributed by atoms with Gasteiger partial charge in [-0.3, -0.25) is 0 Å². The normalized spacial score (nSPS) is 19.4. The summed E-state index contributed by atoms with van der Waals surface area (Å²) in [7, 11) is 0. The first-order valence-corrected chi connectivity index (χ1v) is 6.70. The zero-order valence-corrected chi connectivity index (χ0v) is 10.6. The number of nitrogens with zero attached hydrogens (tertiary/aromatic N) is 2. The molecule has 0 aromatic carbocycles. The highest BCUT2D eigenvalue weighted by Gasteiger charge is 2.22. The molecule has 0 aliphatic carbocycles. The van der Waals surface area contributed by atoms with Gasteiger partial charge >= 0.3 is 0 Å². The van der Waals surface area contributed by atoms with E-state index >= 15 is 0 Å². The Kier molecular flexibility index (Phi) is 4.57. The standard InChI is InChI=1S/C13H23N3O/c1-2-8-16-9-7-15-13(16)10-12(17)11-3-5-14-6-4-11/h7,9,11-12,14,17H,2-6,8,10H2,1H3. The molecule has 1 saturated heterocycles. The number of nitrogens with one attached hydrogen (secondary N) is 1. The Morgan fingerprint density at radius 3 is 3.00 bits per heavy atom. The summed E-state index contributed by atoms with van der Waals surface area (Å²) in [5.41, 5.74) is 0. The predicted molar refractivity (Wildman–Crippen MR) is 67.8 cm³/mol. The summed E-state index contributed by atoms with van der Waals surface area (Å²) in [6, 6.07) is 0. The van der Waals surface area contributed by atoms with E-state index in [0.717, 1.165) is 44.7 Å². The van der Waals surface area contributed by atoms with Crippen molar-refractivity contribution in [2.75, 3.05) is 13.1 Å². The highest BCUT2D eigenvalue weighted by molar-refractivity contribution is 4.95. The molecule has 0 amide bonds. The van der Waals surface area contributed by atoms with Gasteiger partial charge in [0, 0.05) is 25.4 Å². The van der Waals surface area contributed by atoms with Crippen LogP contribution in [-0.2, 0) is 13.0 Å². The molecule has 1 atom stereocenters. The van der Waals surface area contributed by atoms with Gasteiger partial charge in [0.05, 0.1) is 6.10 Å². The van der Waals surface area contributed by atoms with Gasteiger partial charge in [0.2, 0.25) is 0 Å². The van der Waals surface area contributed by atoms with Crippen LogP contribution in [0.2, 0.25) is 0 Å². The summed E-state index contributed by atoms with van der Waals surface area (Å²) in [6.07, 6.45) is 7.55.